The molecule has 0 spiro atoms. The fraction of sp³-hybridized carbons (Fsp3) is 0.155. The molecule has 0 bridgehead atoms. The number of hydrogen-bond acceptors (Lipinski definition) is 2. The Morgan fingerprint density at radius 2 is 0.628 bits per heavy atom. The van der Waals surface area contributed by atoms with Crippen molar-refractivity contribution in [1.82, 2.24) is 0 Å². The van der Waals surface area contributed by atoms with E-state index in [0.29, 0.717) is 0 Å². The Morgan fingerprint density at radius 3 is 0.859 bits per heavy atom. The molecular formula is C71H69O2P4Ru. The van der Waals surface area contributed by atoms with Crippen LogP contribution in [0.1, 0.15) is 31.2 Å². The molecule has 1 heterocycles. The third kappa shape index (κ3) is 15.2. The van der Waals surface area contributed by atoms with Crippen LogP contribution in [0.2, 0.25) is 0 Å². The molecule has 1 saturated heterocycles. The molecule has 2 atom stereocenters. The summed E-state index contributed by atoms with van der Waals surface area (Å²) in [7, 11) is 0.380. The first-order valence-electron chi connectivity index (χ1n) is 27.0. The number of benzene rings is 9. The van der Waals surface area contributed by atoms with Crippen molar-refractivity contribution in [3.63, 3.8) is 0 Å². The monoisotopic (exact) mass is 1180 g/mol. The van der Waals surface area contributed by atoms with Gasteiger partial charge in [-0.25, -0.2) is 12.1 Å². The maximum Gasteiger partial charge on any atom is -0.0195 e. The van der Waals surface area contributed by atoms with E-state index in [0.717, 1.165) is 23.6 Å². The molecule has 0 aromatic heterocycles. The van der Waals surface area contributed by atoms with Crippen molar-refractivity contribution in [3.8, 4) is 0 Å². The molecule has 10 aromatic carbocycles. The third-order valence-electron chi connectivity index (χ3n) is 14.4. The molecule has 0 N–H and O–H groups in total. The van der Waals surface area contributed by atoms with Gasteiger partial charge in [-0.2, -0.15) is 18.2 Å². The summed E-state index contributed by atoms with van der Waals surface area (Å²) in [5.41, 5.74) is 1.36. The predicted octanol–water partition coefficient (Wildman–Crippen LogP) is 14.5. The van der Waals surface area contributed by atoms with Crippen molar-refractivity contribution in [3.05, 3.63) is 309 Å². The first-order valence-corrected chi connectivity index (χ1v) is 34.0. The Morgan fingerprint density at radius 1 is 0.372 bits per heavy atom. The van der Waals surface area contributed by atoms with Gasteiger partial charge in [-0.1, -0.05) is 243 Å². The fourth-order valence-electron chi connectivity index (χ4n) is 10.6. The van der Waals surface area contributed by atoms with Crippen molar-refractivity contribution < 1.29 is 27.3 Å². The van der Waals surface area contributed by atoms with Crippen LogP contribution < -0.4 is 42.4 Å². The van der Waals surface area contributed by atoms with Gasteiger partial charge in [0, 0.05) is 0 Å². The van der Waals surface area contributed by atoms with Crippen LogP contribution in [0.4, 0.5) is 0 Å². The van der Waals surface area contributed by atoms with E-state index in [-0.39, 0.29) is 37.1 Å². The van der Waals surface area contributed by atoms with Gasteiger partial charge >= 0.3 is 112 Å². The Balaban J connectivity index is 0.000000139. The zero-order valence-corrected chi connectivity index (χ0v) is 49.8. The van der Waals surface area contributed by atoms with Crippen LogP contribution in [-0.2, 0) is 32.7 Å². The molecule has 0 unspecified atom stereocenters. The molecule has 0 amide bonds. The van der Waals surface area contributed by atoms with E-state index >= 15 is 0 Å². The minimum atomic E-state index is -0.436. The minimum Gasteiger partial charge on any atom is -0.214 e. The molecule has 7 heteroatoms. The number of rotatable bonds is 16. The average molecular weight is 1180 g/mol. The van der Waals surface area contributed by atoms with E-state index in [9.17, 15) is 0 Å². The Hall–Kier alpha value is -5.54. The topological polar surface area (TPSA) is 18.5 Å². The summed E-state index contributed by atoms with van der Waals surface area (Å²) in [6, 6.07) is 109. The Kier molecular flexibility index (Phi) is 22.1. The van der Waals surface area contributed by atoms with Gasteiger partial charge in [0.1, 0.15) is 0 Å². The summed E-state index contributed by atoms with van der Waals surface area (Å²) < 4.78 is 12.9. The maximum atomic E-state index is 6.04. The van der Waals surface area contributed by atoms with Crippen LogP contribution in [-0.4, -0.2) is 41.8 Å². The molecular weight excluding hydrogens is 1110 g/mol. The Bertz CT molecular complexity index is 2710. The van der Waals surface area contributed by atoms with Gasteiger partial charge in [0.25, 0.3) is 0 Å². The van der Waals surface area contributed by atoms with Crippen LogP contribution in [0, 0.1) is 0 Å². The normalized spacial score (nSPS) is 16.3. The molecule has 12 rings (SSSR count). The minimum absolute atomic E-state index is 0.0173. The molecule has 2 aliphatic rings. The number of hydrogen-bond donors (Lipinski definition) is 0. The second-order valence-corrected chi connectivity index (χ2v) is 29.4. The summed E-state index contributed by atoms with van der Waals surface area (Å²) in [6.45, 7) is 0. The molecule has 0 radical (unpaired) electrons. The van der Waals surface area contributed by atoms with E-state index in [1.807, 2.05) is 30.3 Å². The van der Waals surface area contributed by atoms with Crippen molar-refractivity contribution >= 4 is 78.4 Å². The summed E-state index contributed by atoms with van der Waals surface area (Å²) in [5, 5.41) is 11.8. The van der Waals surface area contributed by atoms with Crippen LogP contribution in [0.3, 0.4) is 0 Å². The van der Waals surface area contributed by atoms with Gasteiger partial charge in [-0.15, -0.1) is 0 Å². The zero-order chi connectivity index (χ0) is 53.5. The predicted molar refractivity (Wildman–Crippen MR) is 340 cm³/mol. The molecule has 393 valence electrons. The van der Waals surface area contributed by atoms with Crippen molar-refractivity contribution in [2.24, 2.45) is 0 Å². The standard InChI is InChI=1S/2C26H24P2.C14H16O2.C5H5.Ru/c2*1-5-13-23(14-6-1)27(24-15-7-2-8-16-24)21-22-28(25-17-9-3-10-18-25)26-19-11-4-12-20-26;1-15-14-9-5-8-13(14,10-11-16-14)12-6-3-2-4-7-12;1-2-4-5-3-1;/h2*1-20H,21-22H2;2-4,6-7H,5,8-10H2,1H3;1-5H;/q;;;-1;+1/t;;13-,14-;;/m..0../s1. The van der Waals surface area contributed by atoms with E-state index in [1.165, 1.54) is 79.1 Å². The summed E-state index contributed by atoms with van der Waals surface area (Å²) in [5.74, 6) is -0.436. The van der Waals surface area contributed by atoms with Crippen molar-refractivity contribution in [2.75, 3.05) is 31.8 Å². The fourth-order valence-corrected chi connectivity index (χ4v) is 22.2. The van der Waals surface area contributed by atoms with Crippen LogP contribution in [0.15, 0.2) is 303 Å². The van der Waals surface area contributed by atoms with E-state index in [2.05, 4.69) is 291 Å². The molecule has 2 fully saturated rings. The Labute approximate surface area is 479 Å². The van der Waals surface area contributed by atoms with Gasteiger partial charge in [-0.05, 0) is 98.8 Å². The smallest absolute Gasteiger partial charge is 0.0195 e. The van der Waals surface area contributed by atoms with Crippen molar-refractivity contribution in [2.45, 2.75) is 36.9 Å². The largest absolute Gasteiger partial charge is 0.214 e. The second-order valence-electron chi connectivity index (χ2n) is 19.1. The van der Waals surface area contributed by atoms with E-state index < -0.39 is 5.79 Å². The summed E-state index contributed by atoms with van der Waals surface area (Å²) in [6.07, 6.45) is 9.09. The zero-order valence-electron chi connectivity index (χ0n) is 44.5. The summed E-state index contributed by atoms with van der Waals surface area (Å²) in [4.78, 5) is 0. The van der Waals surface area contributed by atoms with E-state index in [1.54, 1.807) is 7.11 Å². The number of methoxy groups -OCH3 is 1. The van der Waals surface area contributed by atoms with Crippen LogP contribution in [0.25, 0.3) is 0 Å². The maximum absolute atomic E-state index is 6.04. The number of ether oxygens (including phenoxy) is 2. The third-order valence-corrected chi connectivity index (χ3v) is 25.6. The van der Waals surface area contributed by atoms with Gasteiger partial charge in [0.05, 0.1) is 0 Å². The SMILES string of the molecule is CO[C@]12CCC[C@@]1(c1ccccc1)C[C](=[Ru+])O2.c1cc[cH-]c1.c1ccc(P(CCP(c2ccccc2)c2ccccc2)c2ccccc2)cc1.c1ccc(P(CCP(c2ccccc2)c2ccccc2)c2ccccc2)cc1. The van der Waals surface area contributed by atoms with Gasteiger partial charge in [-0.3, -0.25) is 0 Å². The molecule has 2 nitrogen and oxygen atoms in total. The second kappa shape index (κ2) is 30.2. The number of fused-ring (bicyclic) bond motifs is 1. The van der Waals surface area contributed by atoms with Crippen LogP contribution in [0.5, 0.6) is 0 Å². The molecule has 1 saturated carbocycles. The van der Waals surface area contributed by atoms with Crippen LogP contribution >= 0.6 is 31.7 Å². The van der Waals surface area contributed by atoms with Gasteiger partial charge in [0.2, 0.25) is 0 Å². The van der Waals surface area contributed by atoms with Crippen molar-refractivity contribution in [1.29, 1.82) is 0 Å². The first-order chi connectivity index (χ1) is 38.6. The molecule has 1 aliphatic heterocycles. The van der Waals surface area contributed by atoms with E-state index in [4.69, 9.17) is 9.47 Å². The molecule has 78 heavy (non-hydrogen) atoms. The quantitative estimate of drug-likeness (QED) is 0.0545. The average Bonchev–Trinajstić information content (AvgIpc) is 4.40. The first kappa shape index (κ1) is 57.2. The molecule has 1 aliphatic carbocycles. The molecule has 10 aromatic rings. The summed E-state index contributed by atoms with van der Waals surface area (Å²) >= 11 is 2.61. The van der Waals surface area contributed by atoms with Gasteiger partial charge < -0.3 is 0 Å². The van der Waals surface area contributed by atoms with Gasteiger partial charge in [0.15, 0.2) is 0 Å².